The highest BCUT2D eigenvalue weighted by Crippen LogP contribution is 2.13. The Morgan fingerprint density at radius 3 is 2.58 bits per heavy atom. The molecule has 0 aliphatic heterocycles. The Hall–Kier alpha value is -4.34. The summed E-state index contributed by atoms with van der Waals surface area (Å²) < 4.78 is 3.00. The first-order valence-electron chi connectivity index (χ1n) is 10.3. The molecule has 0 saturated carbocycles. The summed E-state index contributed by atoms with van der Waals surface area (Å²) in [5, 5.41) is 18.3. The van der Waals surface area contributed by atoms with Crippen LogP contribution in [0.1, 0.15) is 27.0 Å². The number of carbonyl (C=O) groups is 1. The van der Waals surface area contributed by atoms with Crippen LogP contribution >= 0.6 is 0 Å². The predicted molar refractivity (Wildman–Crippen MR) is 122 cm³/mol. The lowest BCUT2D eigenvalue weighted by Gasteiger charge is -2.08. The first-order valence-corrected chi connectivity index (χ1v) is 10.3. The highest BCUT2D eigenvalue weighted by molar-refractivity contribution is 5.94. The normalized spacial score (nSPS) is 11.0. The van der Waals surface area contributed by atoms with Gasteiger partial charge in [0, 0.05) is 24.2 Å². The van der Waals surface area contributed by atoms with Crippen molar-refractivity contribution in [1.82, 2.24) is 24.6 Å². The first-order chi connectivity index (χ1) is 15.8. The van der Waals surface area contributed by atoms with Crippen LogP contribution in [0.5, 0.6) is 0 Å². The Morgan fingerprint density at radius 2 is 1.88 bits per heavy atom. The van der Waals surface area contributed by atoms with Crippen LogP contribution in [-0.2, 0) is 13.1 Å². The summed E-state index contributed by atoms with van der Waals surface area (Å²) in [6.07, 6.45) is 2.89. The first kappa shape index (κ1) is 21.9. The summed E-state index contributed by atoms with van der Waals surface area (Å²) in [4.78, 5) is 39.9. The van der Waals surface area contributed by atoms with Crippen LogP contribution in [-0.4, -0.2) is 36.7 Å². The lowest BCUT2D eigenvalue weighted by atomic mass is 10.1. The van der Waals surface area contributed by atoms with Crippen LogP contribution < -0.4 is 10.9 Å². The van der Waals surface area contributed by atoms with E-state index < -0.39 is 4.92 Å². The van der Waals surface area contributed by atoms with Crippen molar-refractivity contribution in [1.29, 1.82) is 0 Å². The van der Waals surface area contributed by atoms with Gasteiger partial charge >= 0.3 is 0 Å². The highest BCUT2D eigenvalue weighted by Gasteiger charge is 2.12. The maximum atomic E-state index is 12.8. The van der Waals surface area contributed by atoms with E-state index in [0.29, 0.717) is 29.7 Å². The lowest BCUT2D eigenvalue weighted by Crippen LogP contribution is -2.28. The molecule has 0 bridgehead atoms. The minimum atomic E-state index is -0.470. The van der Waals surface area contributed by atoms with E-state index in [1.54, 1.807) is 22.9 Å². The van der Waals surface area contributed by atoms with Gasteiger partial charge in [-0.1, -0.05) is 18.2 Å². The molecule has 4 rings (SSSR count). The van der Waals surface area contributed by atoms with Gasteiger partial charge in [0.05, 0.1) is 24.2 Å². The van der Waals surface area contributed by atoms with Gasteiger partial charge in [-0.05, 0) is 42.7 Å². The maximum Gasteiger partial charge on any atom is 0.269 e. The zero-order chi connectivity index (χ0) is 23.5. The zero-order valence-corrected chi connectivity index (χ0v) is 18.2. The molecule has 0 radical (unpaired) electrons. The number of amides is 1. The minimum Gasteiger partial charge on any atom is -0.350 e. The summed E-state index contributed by atoms with van der Waals surface area (Å²) >= 11 is 0. The monoisotopic (exact) mass is 446 g/mol. The van der Waals surface area contributed by atoms with E-state index in [-0.39, 0.29) is 23.7 Å². The molecule has 1 N–H and O–H groups in total. The van der Waals surface area contributed by atoms with Crippen molar-refractivity contribution in [3.05, 3.63) is 97.7 Å². The number of aromatic nitrogens is 4. The summed E-state index contributed by atoms with van der Waals surface area (Å²) in [7, 11) is 0. The summed E-state index contributed by atoms with van der Waals surface area (Å²) in [6, 6.07) is 11.6. The third kappa shape index (κ3) is 4.64. The molecule has 4 aromatic rings. The molecule has 2 aromatic heterocycles. The molecule has 33 heavy (non-hydrogen) atoms. The molecule has 0 saturated heterocycles. The average Bonchev–Trinajstić information content (AvgIpc) is 3.21. The number of fused-ring (bicyclic) bond motifs is 1. The molecule has 10 heteroatoms. The van der Waals surface area contributed by atoms with Crippen LogP contribution in [0.4, 0.5) is 5.69 Å². The van der Waals surface area contributed by atoms with Gasteiger partial charge in [-0.3, -0.25) is 24.3 Å². The molecule has 0 atom stereocenters. The number of nitrogens with zero attached hydrogens (tertiary/aromatic N) is 5. The fraction of sp³-hybridized carbons (Fsp3) is 0.217. The van der Waals surface area contributed by atoms with E-state index in [9.17, 15) is 19.7 Å². The molecule has 0 fully saturated rings. The number of nitro benzene ring substituents is 1. The minimum absolute atomic E-state index is 0.00875. The molecule has 0 unspecified atom stereocenters. The molecular weight excluding hydrogens is 424 g/mol. The average molecular weight is 446 g/mol. The maximum absolute atomic E-state index is 12.8. The van der Waals surface area contributed by atoms with Crippen molar-refractivity contribution in [3.63, 3.8) is 0 Å². The van der Waals surface area contributed by atoms with Gasteiger partial charge < -0.3 is 5.32 Å². The lowest BCUT2D eigenvalue weighted by molar-refractivity contribution is -0.384. The molecule has 2 aromatic carbocycles. The Labute approximate surface area is 188 Å². The zero-order valence-electron chi connectivity index (χ0n) is 18.2. The van der Waals surface area contributed by atoms with Crippen LogP contribution in [0.3, 0.4) is 0 Å². The number of hydrogen-bond donors (Lipinski definition) is 1. The molecular formula is C23H22N6O4. The van der Waals surface area contributed by atoms with E-state index in [1.165, 1.54) is 29.2 Å². The standard InChI is InChI=1S/C23H22N6O4/c1-15-3-6-18(11-16(15)2)22(30)24-9-10-28-21-20(12-26-28)23(31)27(14-25-21)13-17-4-7-19(8-5-17)29(32)33/h3-8,11-12,14H,9-10,13H2,1-2H3,(H,24,30). The van der Waals surface area contributed by atoms with E-state index >= 15 is 0 Å². The predicted octanol–water partition coefficient (Wildman–Crippen LogP) is 2.60. The van der Waals surface area contributed by atoms with E-state index in [1.807, 2.05) is 26.0 Å². The number of carbonyl (C=O) groups excluding carboxylic acids is 1. The van der Waals surface area contributed by atoms with E-state index in [2.05, 4.69) is 15.4 Å². The van der Waals surface area contributed by atoms with Crippen molar-refractivity contribution < 1.29 is 9.72 Å². The van der Waals surface area contributed by atoms with Gasteiger partial charge in [-0.15, -0.1) is 0 Å². The molecule has 0 aliphatic rings. The van der Waals surface area contributed by atoms with Crippen molar-refractivity contribution in [2.75, 3.05) is 6.54 Å². The summed E-state index contributed by atoms with van der Waals surface area (Å²) in [5.41, 5.74) is 3.67. The second-order valence-electron chi connectivity index (χ2n) is 7.76. The number of benzene rings is 2. The second kappa shape index (κ2) is 9.03. The van der Waals surface area contributed by atoms with Gasteiger partial charge in [0.1, 0.15) is 11.7 Å². The van der Waals surface area contributed by atoms with Crippen LogP contribution in [0.15, 0.2) is 59.8 Å². The molecule has 10 nitrogen and oxygen atoms in total. The SMILES string of the molecule is Cc1ccc(C(=O)NCCn2ncc3c(=O)n(Cc4ccc([N+](=O)[O-])cc4)cnc32)cc1C. The molecule has 0 spiro atoms. The highest BCUT2D eigenvalue weighted by atomic mass is 16.6. The van der Waals surface area contributed by atoms with Gasteiger partial charge in [0.2, 0.25) is 0 Å². The van der Waals surface area contributed by atoms with Crippen LogP contribution in [0.2, 0.25) is 0 Å². The molecule has 168 valence electrons. The fourth-order valence-electron chi connectivity index (χ4n) is 3.45. The Balaban J connectivity index is 1.44. The van der Waals surface area contributed by atoms with Gasteiger partial charge in [-0.25, -0.2) is 9.67 Å². The van der Waals surface area contributed by atoms with E-state index in [4.69, 9.17) is 0 Å². The number of nitro groups is 1. The number of hydrogen-bond acceptors (Lipinski definition) is 6. The molecule has 1 amide bonds. The topological polar surface area (TPSA) is 125 Å². The third-order valence-electron chi connectivity index (χ3n) is 5.50. The number of aryl methyl sites for hydroxylation is 2. The Morgan fingerprint density at radius 1 is 1.12 bits per heavy atom. The van der Waals surface area contributed by atoms with Crippen LogP contribution in [0.25, 0.3) is 11.0 Å². The Kier molecular flexibility index (Phi) is 5.99. The second-order valence-corrected chi connectivity index (χ2v) is 7.76. The third-order valence-corrected chi connectivity index (χ3v) is 5.50. The molecule has 0 aliphatic carbocycles. The summed E-state index contributed by atoms with van der Waals surface area (Å²) in [6.45, 7) is 4.88. The smallest absolute Gasteiger partial charge is 0.269 e. The van der Waals surface area contributed by atoms with E-state index in [0.717, 1.165) is 16.7 Å². The van der Waals surface area contributed by atoms with Crippen molar-refractivity contribution in [2.24, 2.45) is 0 Å². The van der Waals surface area contributed by atoms with Crippen molar-refractivity contribution in [2.45, 2.75) is 26.9 Å². The van der Waals surface area contributed by atoms with Gasteiger partial charge in [0.15, 0.2) is 5.65 Å². The largest absolute Gasteiger partial charge is 0.350 e. The van der Waals surface area contributed by atoms with Gasteiger partial charge in [-0.2, -0.15) is 5.10 Å². The van der Waals surface area contributed by atoms with Crippen molar-refractivity contribution >= 4 is 22.6 Å². The summed E-state index contributed by atoms with van der Waals surface area (Å²) in [5.74, 6) is -0.173. The number of non-ortho nitro benzene ring substituents is 1. The Bertz CT molecular complexity index is 1400. The van der Waals surface area contributed by atoms with Crippen LogP contribution in [0, 0.1) is 24.0 Å². The fourth-order valence-corrected chi connectivity index (χ4v) is 3.45. The molecule has 2 heterocycles. The van der Waals surface area contributed by atoms with Crippen molar-refractivity contribution in [3.8, 4) is 0 Å². The number of rotatable bonds is 7. The quantitative estimate of drug-likeness (QED) is 0.344. The number of nitrogens with one attached hydrogen (secondary N) is 1. The van der Waals surface area contributed by atoms with Gasteiger partial charge in [0.25, 0.3) is 17.2 Å².